The van der Waals surface area contributed by atoms with Crippen LogP contribution < -0.4 is 10.6 Å². The average Bonchev–Trinajstić information content (AvgIpc) is 2.25. The molecule has 1 aliphatic rings. The third-order valence-electron chi connectivity index (χ3n) is 2.94. The van der Waals surface area contributed by atoms with Crippen molar-refractivity contribution in [1.29, 1.82) is 0 Å². The monoisotopic (exact) mass is 236 g/mol. The number of aryl methyl sites for hydroxylation is 2. The molecule has 4 heteroatoms. The van der Waals surface area contributed by atoms with Crippen LogP contribution in [-0.4, -0.2) is 16.8 Å². The van der Waals surface area contributed by atoms with Gasteiger partial charge >= 0.3 is 0 Å². The molecule has 0 spiro atoms. The van der Waals surface area contributed by atoms with Crippen LogP contribution in [0, 0.1) is 13.8 Å². The molecule has 1 heterocycles. The van der Waals surface area contributed by atoms with Gasteiger partial charge in [0.15, 0.2) is 5.11 Å². The molecule has 1 atom stereocenters. The lowest BCUT2D eigenvalue weighted by atomic mass is 9.97. The van der Waals surface area contributed by atoms with Crippen LogP contribution in [0.3, 0.4) is 0 Å². The van der Waals surface area contributed by atoms with Crippen molar-refractivity contribution in [3.63, 3.8) is 0 Å². The molecule has 1 fully saturated rings. The number of hydrogen-bond acceptors (Lipinski definition) is 2. The van der Waals surface area contributed by atoms with Crippen LogP contribution in [0.1, 0.15) is 29.2 Å². The summed E-state index contributed by atoms with van der Waals surface area (Å²) in [5.74, 6) is 0.389. The normalized spacial score (nSPS) is 20.1. The number of phenols is 1. The second-order valence-electron chi connectivity index (χ2n) is 4.24. The molecule has 86 valence electrons. The Morgan fingerprint density at radius 1 is 1.31 bits per heavy atom. The van der Waals surface area contributed by atoms with E-state index in [4.69, 9.17) is 12.2 Å². The van der Waals surface area contributed by atoms with Crippen molar-refractivity contribution in [3.8, 4) is 5.75 Å². The number of phenolic OH excluding ortho intramolecular Hbond substituents is 1. The second-order valence-corrected chi connectivity index (χ2v) is 4.65. The fourth-order valence-corrected chi connectivity index (χ4v) is 2.30. The Morgan fingerprint density at radius 3 is 2.50 bits per heavy atom. The first-order chi connectivity index (χ1) is 7.58. The summed E-state index contributed by atoms with van der Waals surface area (Å²) in [6.07, 6.45) is 1.00. The summed E-state index contributed by atoms with van der Waals surface area (Å²) in [7, 11) is 0. The summed E-state index contributed by atoms with van der Waals surface area (Å²) < 4.78 is 0. The zero-order chi connectivity index (χ0) is 11.7. The van der Waals surface area contributed by atoms with E-state index < -0.39 is 0 Å². The van der Waals surface area contributed by atoms with Gasteiger partial charge in [0.05, 0.1) is 6.04 Å². The molecule has 3 nitrogen and oxygen atoms in total. The van der Waals surface area contributed by atoms with E-state index in [0.717, 1.165) is 24.1 Å². The number of nitrogens with one attached hydrogen (secondary N) is 2. The molecule has 0 aliphatic carbocycles. The Labute approximate surface area is 101 Å². The Bertz CT molecular complexity index is 408. The number of hydrogen-bond donors (Lipinski definition) is 3. The molecular formula is C12H16N2OS. The highest BCUT2D eigenvalue weighted by Gasteiger charge is 2.18. The molecule has 0 radical (unpaired) electrons. The number of rotatable bonds is 1. The number of aromatic hydroxyl groups is 1. The van der Waals surface area contributed by atoms with Gasteiger partial charge in [0.25, 0.3) is 0 Å². The smallest absolute Gasteiger partial charge is 0.166 e. The quantitative estimate of drug-likeness (QED) is 0.652. The van der Waals surface area contributed by atoms with E-state index in [0.29, 0.717) is 10.9 Å². The standard InChI is InChI=1S/C12H16N2OS/c1-7-5-9(6-8(2)11(7)15)10-3-4-13-12(16)14-10/h5-6,10,15H,3-4H2,1-2H3,(H2,13,14,16). The Kier molecular flexibility index (Phi) is 3.01. The van der Waals surface area contributed by atoms with Crippen molar-refractivity contribution in [2.45, 2.75) is 26.3 Å². The molecule has 1 aromatic rings. The van der Waals surface area contributed by atoms with Gasteiger partial charge in [0.1, 0.15) is 5.75 Å². The van der Waals surface area contributed by atoms with Crippen molar-refractivity contribution in [3.05, 3.63) is 28.8 Å². The fraction of sp³-hybridized carbons (Fsp3) is 0.417. The molecular weight excluding hydrogens is 220 g/mol. The zero-order valence-electron chi connectivity index (χ0n) is 9.50. The van der Waals surface area contributed by atoms with Gasteiger partial charge in [0.2, 0.25) is 0 Å². The molecule has 1 saturated heterocycles. The van der Waals surface area contributed by atoms with Gasteiger partial charge in [-0.2, -0.15) is 0 Å². The SMILES string of the molecule is Cc1cc(C2CCNC(=S)N2)cc(C)c1O. The van der Waals surface area contributed by atoms with Crippen LogP contribution >= 0.6 is 12.2 Å². The van der Waals surface area contributed by atoms with Crippen LogP contribution in [0.15, 0.2) is 12.1 Å². The maximum absolute atomic E-state index is 9.72. The van der Waals surface area contributed by atoms with Gasteiger partial charge in [-0.05, 0) is 49.2 Å². The van der Waals surface area contributed by atoms with Crippen molar-refractivity contribution < 1.29 is 5.11 Å². The minimum absolute atomic E-state index is 0.256. The Hall–Kier alpha value is -1.29. The number of benzene rings is 1. The highest BCUT2D eigenvalue weighted by Crippen LogP contribution is 2.27. The molecule has 1 aromatic carbocycles. The average molecular weight is 236 g/mol. The summed E-state index contributed by atoms with van der Waals surface area (Å²) in [4.78, 5) is 0. The lowest BCUT2D eigenvalue weighted by Crippen LogP contribution is -2.44. The van der Waals surface area contributed by atoms with Crippen molar-refractivity contribution in [2.24, 2.45) is 0 Å². The predicted octanol–water partition coefficient (Wildman–Crippen LogP) is 1.92. The highest BCUT2D eigenvalue weighted by molar-refractivity contribution is 7.80. The van der Waals surface area contributed by atoms with Gasteiger partial charge in [-0.25, -0.2) is 0 Å². The minimum Gasteiger partial charge on any atom is -0.507 e. The number of thiocarbonyl (C=S) groups is 1. The van der Waals surface area contributed by atoms with Crippen molar-refractivity contribution in [1.82, 2.24) is 10.6 Å². The predicted molar refractivity (Wildman–Crippen MR) is 68.7 cm³/mol. The highest BCUT2D eigenvalue weighted by atomic mass is 32.1. The topological polar surface area (TPSA) is 44.3 Å². The van der Waals surface area contributed by atoms with Gasteiger partial charge in [-0.1, -0.05) is 12.1 Å². The van der Waals surface area contributed by atoms with Crippen molar-refractivity contribution in [2.75, 3.05) is 6.54 Å². The van der Waals surface area contributed by atoms with E-state index in [9.17, 15) is 5.11 Å². The van der Waals surface area contributed by atoms with Crippen LogP contribution in [0.5, 0.6) is 5.75 Å². The third-order valence-corrected chi connectivity index (χ3v) is 3.20. The maximum atomic E-state index is 9.72. The van der Waals surface area contributed by atoms with Crippen LogP contribution in [-0.2, 0) is 0 Å². The molecule has 3 N–H and O–H groups in total. The molecule has 1 unspecified atom stereocenters. The molecule has 1 aliphatic heterocycles. The first-order valence-electron chi connectivity index (χ1n) is 5.42. The maximum Gasteiger partial charge on any atom is 0.166 e. The second kappa shape index (κ2) is 4.29. The summed E-state index contributed by atoms with van der Waals surface area (Å²) in [6, 6.07) is 4.30. The van der Waals surface area contributed by atoms with E-state index in [1.54, 1.807) is 0 Å². The fourth-order valence-electron chi connectivity index (χ4n) is 2.05. The third kappa shape index (κ3) is 2.11. The molecule has 0 amide bonds. The van der Waals surface area contributed by atoms with E-state index in [2.05, 4.69) is 10.6 Å². The molecule has 2 rings (SSSR count). The largest absolute Gasteiger partial charge is 0.507 e. The van der Waals surface area contributed by atoms with Crippen LogP contribution in [0.2, 0.25) is 0 Å². The van der Waals surface area contributed by atoms with E-state index >= 15 is 0 Å². The molecule has 0 saturated carbocycles. The Morgan fingerprint density at radius 2 is 1.94 bits per heavy atom. The van der Waals surface area contributed by atoms with E-state index in [1.165, 1.54) is 5.56 Å². The molecule has 0 bridgehead atoms. The summed E-state index contributed by atoms with van der Waals surface area (Å²) in [5.41, 5.74) is 3.03. The summed E-state index contributed by atoms with van der Waals surface area (Å²) in [6.45, 7) is 4.74. The summed E-state index contributed by atoms with van der Waals surface area (Å²) >= 11 is 5.10. The zero-order valence-corrected chi connectivity index (χ0v) is 10.3. The van der Waals surface area contributed by atoms with Gasteiger partial charge < -0.3 is 15.7 Å². The van der Waals surface area contributed by atoms with Crippen molar-refractivity contribution >= 4 is 17.3 Å². The van der Waals surface area contributed by atoms with E-state index in [-0.39, 0.29) is 6.04 Å². The molecule has 16 heavy (non-hydrogen) atoms. The van der Waals surface area contributed by atoms with Crippen LogP contribution in [0.25, 0.3) is 0 Å². The van der Waals surface area contributed by atoms with Crippen LogP contribution in [0.4, 0.5) is 0 Å². The van der Waals surface area contributed by atoms with Gasteiger partial charge in [0, 0.05) is 6.54 Å². The molecule has 0 aromatic heterocycles. The lowest BCUT2D eigenvalue weighted by molar-refractivity contribution is 0.465. The van der Waals surface area contributed by atoms with Gasteiger partial charge in [-0.3, -0.25) is 0 Å². The Balaban J connectivity index is 2.30. The summed E-state index contributed by atoms with van der Waals surface area (Å²) in [5, 5.41) is 16.8. The van der Waals surface area contributed by atoms with E-state index in [1.807, 2.05) is 26.0 Å². The van der Waals surface area contributed by atoms with Gasteiger partial charge in [-0.15, -0.1) is 0 Å². The minimum atomic E-state index is 0.256. The first kappa shape index (κ1) is 11.2. The first-order valence-corrected chi connectivity index (χ1v) is 5.83. The lowest BCUT2D eigenvalue weighted by Gasteiger charge is -2.27.